The van der Waals surface area contributed by atoms with E-state index in [0.29, 0.717) is 25.4 Å². The van der Waals surface area contributed by atoms with Gasteiger partial charge in [0, 0.05) is 19.6 Å². The number of halogens is 3. The quantitative estimate of drug-likeness (QED) is 0.742. The van der Waals surface area contributed by atoms with Crippen LogP contribution in [0.4, 0.5) is 4.39 Å². The van der Waals surface area contributed by atoms with E-state index in [2.05, 4.69) is 10.2 Å². The van der Waals surface area contributed by atoms with Gasteiger partial charge in [-0.1, -0.05) is 26.0 Å². The second kappa shape index (κ2) is 12.5. The molecule has 1 aromatic carbocycles. The zero-order valence-electron chi connectivity index (χ0n) is 13.9. The number of likely N-dealkylation sites (N-methyl/N-ethyl adjacent to an activating group) is 1. The fourth-order valence-corrected chi connectivity index (χ4v) is 2.10. The topological polar surface area (TPSA) is 58.4 Å². The highest BCUT2D eigenvalue weighted by Gasteiger charge is 2.14. The zero-order valence-corrected chi connectivity index (χ0v) is 15.6. The highest BCUT2D eigenvalue weighted by Crippen LogP contribution is 2.05. The fourth-order valence-electron chi connectivity index (χ4n) is 2.10. The van der Waals surface area contributed by atoms with Crippen LogP contribution in [0.5, 0.6) is 0 Å². The maximum Gasteiger partial charge on any atom is 0.236 e. The van der Waals surface area contributed by atoms with Crippen LogP contribution in [0, 0.1) is 11.7 Å². The monoisotopic (exact) mass is 367 g/mol. The third-order valence-corrected chi connectivity index (χ3v) is 3.22. The van der Waals surface area contributed by atoms with Crippen molar-refractivity contribution in [3.05, 3.63) is 35.6 Å². The summed E-state index contributed by atoms with van der Waals surface area (Å²) in [5.41, 5.74) is 6.85. The van der Waals surface area contributed by atoms with Gasteiger partial charge in [-0.05, 0) is 37.1 Å². The van der Waals surface area contributed by atoms with Crippen molar-refractivity contribution >= 4 is 30.7 Å². The minimum atomic E-state index is -0.438. The molecule has 0 aliphatic rings. The highest BCUT2D eigenvalue weighted by molar-refractivity contribution is 5.85. The molecule has 0 saturated carbocycles. The van der Waals surface area contributed by atoms with E-state index in [1.807, 2.05) is 20.9 Å². The average Bonchev–Trinajstić information content (AvgIpc) is 2.40. The van der Waals surface area contributed by atoms with Gasteiger partial charge >= 0.3 is 0 Å². The van der Waals surface area contributed by atoms with Crippen molar-refractivity contribution in [3.8, 4) is 0 Å². The van der Waals surface area contributed by atoms with Crippen LogP contribution in [0.3, 0.4) is 0 Å². The lowest BCUT2D eigenvalue weighted by molar-refractivity contribution is -0.122. The minimum Gasteiger partial charge on any atom is -0.353 e. The first-order valence-corrected chi connectivity index (χ1v) is 7.34. The summed E-state index contributed by atoms with van der Waals surface area (Å²) in [5.74, 6) is 0.0820. The van der Waals surface area contributed by atoms with Gasteiger partial charge in [0.1, 0.15) is 5.82 Å². The molecule has 1 atom stereocenters. The van der Waals surface area contributed by atoms with E-state index in [0.717, 1.165) is 12.1 Å². The van der Waals surface area contributed by atoms with E-state index >= 15 is 0 Å². The number of nitrogens with one attached hydrogen (secondary N) is 1. The molecule has 1 aromatic rings. The zero-order chi connectivity index (χ0) is 15.8. The van der Waals surface area contributed by atoms with Gasteiger partial charge in [-0.3, -0.25) is 4.79 Å². The van der Waals surface area contributed by atoms with Crippen molar-refractivity contribution in [1.82, 2.24) is 10.2 Å². The molecule has 0 radical (unpaired) electrons. The summed E-state index contributed by atoms with van der Waals surface area (Å²) < 4.78 is 12.8. The van der Waals surface area contributed by atoms with Crippen LogP contribution >= 0.6 is 24.8 Å². The highest BCUT2D eigenvalue weighted by atomic mass is 35.5. The van der Waals surface area contributed by atoms with Crippen LogP contribution in [0.15, 0.2) is 24.3 Å². The van der Waals surface area contributed by atoms with Gasteiger partial charge in [0.05, 0.1) is 6.04 Å². The van der Waals surface area contributed by atoms with E-state index in [1.54, 1.807) is 12.1 Å². The van der Waals surface area contributed by atoms with Crippen LogP contribution in [0.2, 0.25) is 0 Å². The van der Waals surface area contributed by atoms with Gasteiger partial charge in [0.25, 0.3) is 0 Å². The van der Waals surface area contributed by atoms with Crippen molar-refractivity contribution in [2.75, 3.05) is 20.1 Å². The molecule has 7 heteroatoms. The predicted molar refractivity (Wildman–Crippen MR) is 97.7 cm³/mol. The molecule has 0 unspecified atom stereocenters. The summed E-state index contributed by atoms with van der Waals surface area (Å²) in [7, 11) is 1.96. The Kier molecular flexibility index (Phi) is 13.3. The fraction of sp³-hybridized carbons (Fsp3) is 0.562. The standard InChI is InChI=1S/C16H26FN3O.2ClH/c1-12(2)10-15(18)16(21)19-8-9-20(3)11-13-4-6-14(17)7-5-13;;/h4-7,12,15H,8-11,18H2,1-3H3,(H,19,21);2*1H/t15-;;/m0../s1. The molecule has 23 heavy (non-hydrogen) atoms. The van der Waals surface area contributed by atoms with E-state index in [9.17, 15) is 9.18 Å². The van der Waals surface area contributed by atoms with Crippen LogP contribution in [0.1, 0.15) is 25.8 Å². The molecule has 0 aromatic heterocycles. The Morgan fingerprint density at radius 3 is 2.35 bits per heavy atom. The average molecular weight is 368 g/mol. The third-order valence-electron chi connectivity index (χ3n) is 3.22. The minimum absolute atomic E-state index is 0. The van der Waals surface area contributed by atoms with Gasteiger partial charge in [-0.2, -0.15) is 0 Å². The molecule has 0 aliphatic carbocycles. The van der Waals surface area contributed by atoms with Crippen LogP contribution in [0.25, 0.3) is 0 Å². The molecule has 0 saturated heterocycles. The van der Waals surface area contributed by atoms with Gasteiger partial charge < -0.3 is 16.0 Å². The number of carbonyl (C=O) groups is 1. The summed E-state index contributed by atoms with van der Waals surface area (Å²) in [5, 5.41) is 2.85. The van der Waals surface area contributed by atoms with Gasteiger partial charge in [-0.15, -0.1) is 24.8 Å². The lowest BCUT2D eigenvalue weighted by Gasteiger charge is -2.18. The van der Waals surface area contributed by atoms with Gasteiger partial charge in [0.15, 0.2) is 0 Å². The van der Waals surface area contributed by atoms with Crippen LogP contribution in [-0.4, -0.2) is 37.0 Å². The number of rotatable bonds is 8. The molecule has 0 spiro atoms. The molecule has 0 heterocycles. The Labute approximate surface area is 150 Å². The third kappa shape index (κ3) is 10.5. The number of hydrogen-bond donors (Lipinski definition) is 2. The Hall–Kier alpha value is -0.880. The Morgan fingerprint density at radius 1 is 1.26 bits per heavy atom. The van der Waals surface area contributed by atoms with E-state index < -0.39 is 6.04 Å². The Bertz CT molecular complexity index is 443. The molecule has 3 N–H and O–H groups in total. The Morgan fingerprint density at radius 2 is 1.83 bits per heavy atom. The number of amides is 1. The molecule has 4 nitrogen and oxygen atoms in total. The lowest BCUT2D eigenvalue weighted by atomic mass is 10.0. The van der Waals surface area contributed by atoms with E-state index in [4.69, 9.17) is 5.73 Å². The number of nitrogens with two attached hydrogens (primary N) is 1. The number of carbonyl (C=O) groups excluding carboxylic acids is 1. The first-order valence-electron chi connectivity index (χ1n) is 7.34. The number of hydrogen-bond acceptors (Lipinski definition) is 3. The Balaban J connectivity index is 0. The first kappa shape index (κ1) is 24.4. The van der Waals surface area contributed by atoms with Crippen molar-refractivity contribution in [2.24, 2.45) is 11.7 Å². The van der Waals surface area contributed by atoms with Crippen molar-refractivity contribution in [2.45, 2.75) is 32.9 Å². The molecular weight excluding hydrogens is 340 g/mol. The molecule has 0 fully saturated rings. The summed E-state index contributed by atoms with van der Waals surface area (Å²) in [6, 6.07) is 6.00. The van der Waals surface area contributed by atoms with Crippen molar-refractivity contribution in [1.29, 1.82) is 0 Å². The summed E-state index contributed by atoms with van der Waals surface area (Å²) >= 11 is 0. The van der Waals surface area contributed by atoms with Crippen LogP contribution < -0.4 is 11.1 Å². The molecule has 1 amide bonds. The predicted octanol–water partition coefficient (Wildman–Crippen LogP) is 2.59. The number of benzene rings is 1. The first-order chi connectivity index (χ1) is 9.88. The SMILES string of the molecule is CC(C)C[C@H](N)C(=O)NCCN(C)Cc1ccc(F)cc1.Cl.Cl. The van der Waals surface area contributed by atoms with Crippen LogP contribution in [-0.2, 0) is 11.3 Å². The molecule has 0 aliphatic heterocycles. The maximum atomic E-state index is 12.8. The van der Waals surface area contributed by atoms with Crippen molar-refractivity contribution < 1.29 is 9.18 Å². The van der Waals surface area contributed by atoms with Crippen molar-refractivity contribution in [3.63, 3.8) is 0 Å². The number of nitrogens with zero attached hydrogens (tertiary/aromatic N) is 1. The summed E-state index contributed by atoms with van der Waals surface area (Å²) in [4.78, 5) is 13.8. The smallest absolute Gasteiger partial charge is 0.236 e. The largest absolute Gasteiger partial charge is 0.353 e. The van der Waals surface area contributed by atoms with E-state index in [1.165, 1.54) is 12.1 Å². The van der Waals surface area contributed by atoms with Gasteiger partial charge in [0.2, 0.25) is 5.91 Å². The van der Waals surface area contributed by atoms with Gasteiger partial charge in [-0.25, -0.2) is 4.39 Å². The second-order valence-electron chi connectivity index (χ2n) is 5.89. The molecule has 0 bridgehead atoms. The molecule has 134 valence electrons. The maximum absolute atomic E-state index is 12.8. The lowest BCUT2D eigenvalue weighted by Crippen LogP contribution is -2.43. The normalized spacial score (nSPS) is 11.6. The molecule has 1 rings (SSSR count). The van der Waals surface area contributed by atoms with E-state index in [-0.39, 0.29) is 36.5 Å². The molecular formula is C16H28Cl2FN3O. The summed E-state index contributed by atoms with van der Waals surface area (Å²) in [6.07, 6.45) is 0.692. The second-order valence-corrected chi connectivity index (χ2v) is 5.89. The summed E-state index contributed by atoms with van der Waals surface area (Å²) in [6.45, 7) is 6.08.